The molecule has 386 valence electrons. The lowest BCUT2D eigenvalue weighted by Crippen LogP contribution is -2.53. The molecule has 4 atom stereocenters. The molecular weight excluding hydrogens is 815 g/mol. The number of carbonyl (C=O) groups is 1. The zero-order valence-electron chi connectivity index (χ0n) is 43.7. The molecular formula is C60H111NO5. The summed E-state index contributed by atoms with van der Waals surface area (Å²) in [5, 5.41) is 43.9. The number of amides is 1. The molecule has 0 aromatic rings. The summed E-state index contributed by atoms with van der Waals surface area (Å²) in [4.78, 5) is 12.6. The molecule has 0 aromatic heterocycles. The van der Waals surface area contributed by atoms with E-state index in [1.165, 1.54) is 193 Å². The minimum Gasteiger partial charge on any atom is -0.394 e. The molecule has 4 unspecified atom stereocenters. The van der Waals surface area contributed by atoms with Gasteiger partial charge in [0, 0.05) is 0 Å². The quantitative estimate of drug-likeness (QED) is 0.0237. The monoisotopic (exact) mass is 926 g/mol. The Balaban J connectivity index is 3.70. The van der Waals surface area contributed by atoms with Crippen LogP contribution in [0.5, 0.6) is 0 Å². The summed E-state index contributed by atoms with van der Waals surface area (Å²) in [6.45, 7) is 4.03. The third kappa shape index (κ3) is 47.1. The largest absolute Gasteiger partial charge is 0.394 e. The minimum absolute atomic E-state index is 0.350. The SMILES string of the molecule is CCCCC/C=C\C=C/CCCCCCCCCCCC(O)C(=O)NC(CO)C(O)C(O)CCC/C=C/CC/C=C/CC/C=C/CCCCCCCCCCCCCCCCCCCCC. The predicted molar refractivity (Wildman–Crippen MR) is 288 cm³/mol. The van der Waals surface area contributed by atoms with Gasteiger partial charge in [-0.15, -0.1) is 0 Å². The first-order chi connectivity index (χ1) is 32.5. The van der Waals surface area contributed by atoms with Gasteiger partial charge >= 0.3 is 0 Å². The standard InChI is InChI=1S/C60H111NO5/c1-3-5-7-9-11-13-15-17-19-21-23-24-25-26-27-28-29-30-31-32-33-34-35-36-38-39-41-43-45-47-49-51-53-57(63)59(65)56(55-62)61-60(66)58(64)54-52-50-48-46-44-42-40-37-22-20-18-16-14-12-10-8-6-4-2/h12,14,16,18,33-34,38-39,45,47,56-59,62-65H,3-11,13,15,17,19-32,35-37,40-44,46,48-55H2,1-2H3,(H,61,66)/b14-12-,18-16-,34-33+,39-38+,47-45+. The molecule has 0 radical (unpaired) electrons. The number of hydrogen-bond acceptors (Lipinski definition) is 5. The van der Waals surface area contributed by atoms with Crippen molar-refractivity contribution in [3.63, 3.8) is 0 Å². The van der Waals surface area contributed by atoms with E-state index in [2.05, 4.69) is 79.9 Å². The summed E-state index contributed by atoms with van der Waals surface area (Å²) in [6, 6.07) is -1.02. The Bertz CT molecular complexity index is 1130. The van der Waals surface area contributed by atoms with Crippen LogP contribution in [0.3, 0.4) is 0 Å². The van der Waals surface area contributed by atoms with Crippen molar-refractivity contribution < 1.29 is 25.2 Å². The Morgan fingerprint density at radius 2 is 0.682 bits per heavy atom. The van der Waals surface area contributed by atoms with Crippen molar-refractivity contribution >= 4 is 5.91 Å². The first-order valence-corrected chi connectivity index (χ1v) is 28.7. The molecule has 0 rings (SSSR count). The number of hydrogen-bond donors (Lipinski definition) is 5. The molecule has 66 heavy (non-hydrogen) atoms. The van der Waals surface area contributed by atoms with E-state index >= 15 is 0 Å². The average molecular weight is 927 g/mol. The number of aliphatic hydroxyl groups excluding tert-OH is 4. The topological polar surface area (TPSA) is 110 Å². The lowest BCUT2D eigenvalue weighted by Gasteiger charge is -2.27. The van der Waals surface area contributed by atoms with Gasteiger partial charge < -0.3 is 25.7 Å². The molecule has 0 heterocycles. The second-order valence-electron chi connectivity index (χ2n) is 19.6. The lowest BCUT2D eigenvalue weighted by molar-refractivity contribution is -0.132. The van der Waals surface area contributed by atoms with Crippen molar-refractivity contribution in [1.29, 1.82) is 0 Å². The molecule has 0 saturated carbocycles. The first kappa shape index (κ1) is 64.0. The second kappa shape index (κ2) is 54.0. The Morgan fingerprint density at radius 1 is 0.379 bits per heavy atom. The summed E-state index contributed by atoms with van der Waals surface area (Å²) in [5.41, 5.74) is 0. The molecule has 0 aliphatic carbocycles. The molecule has 0 aromatic carbocycles. The third-order valence-corrected chi connectivity index (χ3v) is 13.2. The molecule has 0 aliphatic heterocycles. The molecule has 0 aliphatic rings. The van der Waals surface area contributed by atoms with Gasteiger partial charge in [0.25, 0.3) is 0 Å². The van der Waals surface area contributed by atoms with Crippen LogP contribution in [0.15, 0.2) is 60.8 Å². The van der Waals surface area contributed by atoms with Crippen LogP contribution >= 0.6 is 0 Å². The summed E-state index contributed by atoms with van der Waals surface area (Å²) in [7, 11) is 0. The first-order valence-electron chi connectivity index (χ1n) is 28.7. The van der Waals surface area contributed by atoms with Crippen molar-refractivity contribution in [1.82, 2.24) is 5.32 Å². The van der Waals surface area contributed by atoms with Crippen LogP contribution in [-0.4, -0.2) is 57.3 Å². The average Bonchev–Trinajstić information content (AvgIpc) is 3.32. The maximum Gasteiger partial charge on any atom is 0.249 e. The van der Waals surface area contributed by atoms with Crippen LogP contribution in [-0.2, 0) is 4.79 Å². The highest BCUT2D eigenvalue weighted by molar-refractivity contribution is 5.80. The van der Waals surface area contributed by atoms with Gasteiger partial charge in [0.15, 0.2) is 0 Å². The Morgan fingerprint density at radius 3 is 1.08 bits per heavy atom. The second-order valence-corrected chi connectivity index (χ2v) is 19.6. The van der Waals surface area contributed by atoms with Gasteiger partial charge in [-0.25, -0.2) is 0 Å². The van der Waals surface area contributed by atoms with Crippen molar-refractivity contribution in [2.75, 3.05) is 6.61 Å². The van der Waals surface area contributed by atoms with E-state index in [0.29, 0.717) is 19.3 Å². The van der Waals surface area contributed by atoms with E-state index in [4.69, 9.17) is 0 Å². The minimum atomic E-state index is -1.30. The van der Waals surface area contributed by atoms with E-state index < -0.39 is 36.9 Å². The molecule has 0 spiro atoms. The van der Waals surface area contributed by atoms with Gasteiger partial charge in [-0.2, -0.15) is 0 Å². The van der Waals surface area contributed by atoms with E-state index in [1.54, 1.807) is 0 Å². The summed E-state index contributed by atoms with van der Waals surface area (Å²) in [6.07, 6.45) is 70.1. The fourth-order valence-corrected chi connectivity index (χ4v) is 8.66. The number of unbranched alkanes of at least 4 members (excludes halogenated alkanes) is 34. The van der Waals surface area contributed by atoms with E-state index in [-0.39, 0.29) is 0 Å². The van der Waals surface area contributed by atoms with E-state index in [1.807, 2.05) is 0 Å². The van der Waals surface area contributed by atoms with E-state index in [9.17, 15) is 25.2 Å². The fraction of sp³-hybridized carbons (Fsp3) is 0.817. The van der Waals surface area contributed by atoms with Crippen molar-refractivity contribution in [3.05, 3.63) is 60.8 Å². The van der Waals surface area contributed by atoms with Gasteiger partial charge in [-0.3, -0.25) is 4.79 Å². The van der Waals surface area contributed by atoms with Crippen LogP contribution in [0, 0.1) is 0 Å². The summed E-state index contributed by atoms with van der Waals surface area (Å²) >= 11 is 0. The molecule has 6 heteroatoms. The normalized spacial score (nSPS) is 14.2. The van der Waals surface area contributed by atoms with Gasteiger partial charge in [0.1, 0.15) is 12.2 Å². The van der Waals surface area contributed by atoms with Crippen molar-refractivity contribution in [2.24, 2.45) is 0 Å². The molecule has 0 bridgehead atoms. The highest BCUT2D eigenvalue weighted by atomic mass is 16.3. The lowest BCUT2D eigenvalue weighted by atomic mass is 10.00. The maximum absolute atomic E-state index is 12.6. The summed E-state index contributed by atoms with van der Waals surface area (Å²) < 4.78 is 0. The van der Waals surface area contributed by atoms with Crippen LogP contribution < -0.4 is 5.32 Å². The molecule has 6 nitrogen and oxygen atoms in total. The maximum atomic E-state index is 12.6. The van der Waals surface area contributed by atoms with Crippen molar-refractivity contribution in [3.8, 4) is 0 Å². The Labute approximate surface area is 410 Å². The molecule has 1 amide bonds. The Kier molecular flexibility index (Phi) is 52.3. The van der Waals surface area contributed by atoms with Gasteiger partial charge in [0.2, 0.25) is 5.91 Å². The van der Waals surface area contributed by atoms with Crippen LogP contribution in [0.4, 0.5) is 0 Å². The number of carbonyl (C=O) groups excluding carboxylic acids is 1. The fourth-order valence-electron chi connectivity index (χ4n) is 8.66. The highest BCUT2D eigenvalue weighted by Gasteiger charge is 2.28. The number of allylic oxidation sites excluding steroid dienone is 10. The number of rotatable bonds is 52. The zero-order valence-corrected chi connectivity index (χ0v) is 43.7. The van der Waals surface area contributed by atoms with Gasteiger partial charge in [0.05, 0.1) is 18.8 Å². The molecule has 0 fully saturated rings. The number of nitrogens with one attached hydrogen (secondary N) is 1. The number of aliphatic hydroxyl groups is 4. The highest BCUT2D eigenvalue weighted by Crippen LogP contribution is 2.17. The predicted octanol–water partition coefficient (Wildman–Crippen LogP) is 16.8. The third-order valence-electron chi connectivity index (χ3n) is 13.2. The van der Waals surface area contributed by atoms with Gasteiger partial charge in [-0.05, 0) is 89.9 Å². The molecule has 0 saturated heterocycles. The zero-order chi connectivity index (χ0) is 48.1. The van der Waals surface area contributed by atoms with Crippen molar-refractivity contribution in [2.45, 2.75) is 308 Å². The van der Waals surface area contributed by atoms with Crippen LogP contribution in [0.2, 0.25) is 0 Å². The summed E-state index contributed by atoms with van der Waals surface area (Å²) in [5.74, 6) is -0.604. The van der Waals surface area contributed by atoms with Gasteiger partial charge in [-0.1, -0.05) is 254 Å². The smallest absolute Gasteiger partial charge is 0.249 e. The van der Waals surface area contributed by atoms with Crippen LogP contribution in [0.25, 0.3) is 0 Å². The Hall–Kier alpha value is -1.99. The molecule has 5 N–H and O–H groups in total. The van der Waals surface area contributed by atoms with Crippen LogP contribution in [0.1, 0.15) is 284 Å². The van der Waals surface area contributed by atoms with E-state index in [0.717, 1.165) is 57.8 Å².